The molecule has 1 fully saturated rings. The topological polar surface area (TPSA) is 30.3 Å². The first-order valence-corrected chi connectivity index (χ1v) is 5.34. The summed E-state index contributed by atoms with van der Waals surface area (Å²) in [5.41, 5.74) is -0.0609. The lowest BCUT2D eigenvalue weighted by molar-refractivity contribution is 0.147. The van der Waals surface area contributed by atoms with Gasteiger partial charge in [-0.2, -0.15) is 5.26 Å². The van der Waals surface area contributed by atoms with E-state index in [1.807, 2.05) is 0 Å². The van der Waals surface area contributed by atoms with Crippen molar-refractivity contribution >= 4 is 0 Å². The normalized spacial score (nSPS) is 22.2. The van der Waals surface area contributed by atoms with Crippen molar-refractivity contribution in [3.63, 3.8) is 0 Å². The number of rotatable bonds is 3. The summed E-state index contributed by atoms with van der Waals surface area (Å²) in [4.78, 5) is 4.66. The van der Waals surface area contributed by atoms with Gasteiger partial charge < -0.3 is 9.80 Å². The van der Waals surface area contributed by atoms with Gasteiger partial charge in [-0.05, 0) is 47.0 Å². The predicted molar refractivity (Wildman–Crippen MR) is 57.9 cm³/mol. The lowest BCUT2D eigenvalue weighted by Crippen LogP contribution is -2.41. The monoisotopic (exact) mass is 195 g/mol. The zero-order valence-corrected chi connectivity index (χ0v) is 9.58. The molecule has 0 aromatic carbocycles. The SMILES string of the molecule is CN(C)CCN1CCC(C)(C#N)CC1. The molecule has 1 heterocycles. The highest BCUT2D eigenvalue weighted by atomic mass is 15.2. The fourth-order valence-corrected chi connectivity index (χ4v) is 1.72. The number of likely N-dealkylation sites (N-methyl/N-ethyl adjacent to an activating group) is 1. The molecule has 80 valence electrons. The van der Waals surface area contributed by atoms with Crippen LogP contribution < -0.4 is 0 Å². The van der Waals surface area contributed by atoms with Crippen molar-refractivity contribution in [1.82, 2.24) is 9.80 Å². The lowest BCUT2D eigenvalue weighted by atomic mass is 9.82. The lowest BCUT2D eigenvalue weighted by Gasteiger charge is -2.35. The van der Waals surface area contributed by atoms with Crippen LogP contribution in [0.5, 0.6) is 0 Å². The highest BCUT2D eigenvalue weighted by Gasteiger charge is 2.29. The molecular formula is C11H21N3. The first-order chi connectivity index (χ1) is 6.56. The van der Waals surface area contributed by atoms with Crippen molar-refractivity contribution in [2.75, 3.05) is 40.3 Å². The molecule has 0 bridgehead atoms. The number of hydrogen-bond acceptors (Lipinski definition) is 3. The first-order valence-electron chi connectivity index (χ1n) is 5.34. The molecule has 1 aliphatic heterocycles. The summed E-state index contributed by atoms with van der Waals surface area (Å²) in [6.07, 6.45) is 2.05. The number of nitrogens with zero attached hydrogens (tertiary/aromatic N) is 3. The second-order valence-corrected chi connectivity index (χ2v) is 4.82. The Balaban J connectivity index is 2.26. The quantitative estimate of drug-likeness (QED) is 0.677. The van der Waals surface area contributed by atoms with E-state index in [1.165, 1.54) is 0 Å². The van der Waals surface area contributed by atoms with Gasteiger partial charge in [0.2, 0.25) is 0 Å². The van der Waals surface area contributed by atoms with Gasteiger partial charge in [-0.25, -0.2) is 0 Å². The van der Waals surface area contributed by atoms with Crippen LogP contribution in [0, 0.1) is 16.7 Å². The molecule has 0 N–H and O–H groups in total. The van der Waals surface area contributed by atoms with Crippen molar-refractivity contribution < 1.29 is 0 Å². The van der Waals surface area contributed by atoms with Crippen LogP contribution in [0.25, 0.3) is 0 Å². The fourth-order valence-electron chi connectivity index (χ4n) is 1.72. The molecule has 0 aliphatic carbocycles. The van der Waals surface area contributed by atoms with Gasteiger partial charge in [0.25, 0.3) is 0 Å². The van der Waals surface area contributed by atoms with Crippen LogP contribution >= 0.6 is 0 Å². The van der Waals surface area contributed by atoms with Crippen LogP contribution in [-0.2, 0) is 0 Å². The first kappa shape index (κ1) is 11.5. The smallest absolute Gasteiger partial charge is 0.0687 e. The number of hydrogen-bond donors (Lipinski definition) is 0. The van der Waals surface area contributed by atoms with Crippen LogP contribution in [0.1, 0.15) is 19.8 Å². The van der Waals surface area contributed by atoms with E-state index in [0.717, 1.165) is 39.0 Å². The van der Waals surface area contributed by atoms with Gasteiger partial charge >= 0.3 is 0 Å². The van der Waals surface area contributed by atoms with Crippen LogP contribution in [0.3, 0.4) is 0 Å². The molecular weight excluding hydrogens is 174 g/mol. The van der Waals surface area contributed by atoms with Crippen LogP contribution in [0.4, 0.5) is 0 Å². The fraction of sp³-hybridized carbons (Fsp3) is 0.909. The summed E-state index contributed by atoms with van der Waals surface area (Å²) in [6.45, 7) is 6.49. The Bertz CT molecular complexity index is 209. The highest BCUT2D eigenvalue weighted by molar-refractivity contribution is 4.98. The van der Waals surface area contributed by atoms with E-state index >= 15 is 0 Å². The minimum Gasteiger partial charge on any atom is -0.308 e. The Morgan fingerprint density at radius 3 is 2.36 bits per heavy atom. The summed E-state index contributed by atoms with van der Waals surface area (Å²) in [7, 11) is 4.20. The molecule has 0 atom stereocenters. The average Bonchev–Trinajstić information content (AvgIpc) is 2.17. The average molecular weight is 195 g/mol. The molecule has 0 amide bonds. The Morgan fingerprint density at radius 1 is 1.36 bits per heavy atom. The standard InChI is InChI=1S/C11H21N3/c1-11(10-12)4-6-14(7-5-11)9-8-13(2)3/h4-9H2,1-3H3. The van der Waals surface area contributed by atoms with Gasteiger partial charge in [-0.15, -0.1) is 0 Å². The minimum absolute atomic E-state index is 0.0609. The second-order valence-electron chi connectivity index (χ2n) is 4.82. The molecule has 3 nitrogen and oxygen atoms in total. The van der Waals surface area contributed by atoms with E-state index < -0.39 is 0 Å². The molecule has 0 radical (unpaired) electrons. The molecule has 0 saturated carbocycles. The third-order valence-corrected chi connectivity index (χ3v) is 3.09. The zero-order chi connectivity index (χ0) is 10.6. The summed E-state index contributed by atoms with van der Waals surface area (Å²) in [5, 5.41) is 8.98. The highest BCUT2D eigenvalue weighted by Crippen LogP contribution is 2.29. The van der Waals surface area contributed by atoms with Crippen LogP contribution in [0.2, 0.25) is 0 Å². The van der Waals surface area contributed by atoms with Crippen molar-refractivity contribution in [2.24, 2.45) is 5.41 Å². The summed E-state index contributed by atoms with van der Waals surface area (Å²) >= 11 is 0. The molecule has 1 rings (SSSR count). The second kappa shape index (κ2) is 4.77. The maximum Gasteiger partial charge on any atom is 0.0687 e. The van der Waals surface area contributed by atoms with Crippen molar-refractivity contribution in [2.45, 2.75) is 19.8 Å². The maximum absolute atomic E-state index is 8.98. The van der Waals surface area contributed by atoms with Crippen molar-refractivity contribution in [3.8, 4) is 6.07 Å². The molecule has 1 saturated heterocycles. The van der Waals surface area contributed by atoms with Crippen molar-refractivity contribution in [3.05, 3.63) is 0 Å². The Labute approximate surface area is 87.3 Å². The van der Waals surface area contributed by atoms with E-state index in [0.29, 0.717) is 0 Å². The van der Waals surface area contributed by atoms with E-state index in [9.17, 15) is 0 Å². The van der Waals surface area contributed by atoms with E-state index in [-0.39, 0.29) is 5.41 Å². The van der Waals surface area contributed by atoms with Gasteiger partial charge in [0.1, 0.15) is 0 Å². The third-order valence-electron chi connectivity index (χ3n) is 3.09. The van der Waals surface area contributed by atoms with E-state index in [4.69, 9.17) is 5.26 Å². The zero-order valence-electron chi connectivity index (χ0n) is 9.58. The Kier molecular flexibility index (Phi) is 3.91. The molecule has 0 unspecified atom stereocenters. The summed E-state index contributed by atoms with van der Waals surface area (Å²) in [6, 6.07) is 2.43. The molecule has 14 heavy (non-hydrogen) atoms. The van der Waals surface area contributed by atoms with Crippen molar-refractivity contribution in [1.29, 1.82) is 5.26 Å². The minimum atomic E-state index is -0.0609. The largest absolute Gasteiger partial charge is 0.308 e. The molecule has 0 spiro atoms. The van der Waals surface area contributed by atoms with E-state index in [2.05, 4.69) is 36.9 Å². The Hall–Kier alpha value is -0.590. The molecule has 3 heteroatoms. The summed E-state index contributed by atoms with van der Waals surface area (Å²) < 4.78 is 0. The van der Waals surface area contributed by atoms with Gasteiger partial charge in [-0.1, -0.05) is 0 Å². The van der Waals surface area contributed by atoms with Gasteiger partial charge in [0, 0.05) is 13.1 Å². The van der Waals surface area contributed by atoms with Gasteiger partial charge in [-0.3, -0.25) is 0 Å². The van der Waals surface area contributed by atoms with Crippen LogP contribution in [0.15, 0.2) is 0 Å². The Morgan fingerprint density at radius 2 is 1.93 bits per heavy atom. The summed E-state index contributed by atoms with van der Waals surface area (Å²) in [5.74, 6) is 0. The maximum atomic E-state index is 8.98. The van der Waals surface area contributed by atoms with E-state index in [1.54, 1.807) is 0 Å². The molecule has 0 aromatic heterocycles. The molecule has 0 aromatic rings. The van der Waals surface area contributed by atoms with Crippen LogP contribution in [-0.4, -0.2) is 50.1 Å². The number of nitriles is 1. The number of likely N-dealkylation sites (tertiary alicyclic amines) is 1. The number of piperidine rings is 1. The predicted octanol–water partition coefficient (Wildman–Crippen LogP) is 1.17. The third kappa shape index (κ3) is 3.28. The van der Waals surface area contributed by atoms with Gasteiger partial charge in [0.15, 0.2) is 0 Å². The van der Waals surface area contributed by atoms with Gasteiger partial charge in [0.05, 0.1) is 11.5 Å². The molecule has 1 aliphatic rings.